The molecule has 0 spiro atoms. The zero-order valence-electron chi connectivity index (χ0n) is 22.8. The number of rotatable bonds is 4. The summed E-state index contributed by atoms with van der Waals surface area (Å²) in [6.45, 7) is 2.08. The lowest BCUT2D eigenvalue weighted by molar-refractivity contribution is -0.165. The predicted molar refractivity (Wildman–Crippen MR) is 145 cm³/mol. The number of halogens is 6. The van der Waals surface area contributed by atoms with Crippen LogP contribution in [0.1, 0.15) is 24.8 Å². The number of urea groups is 1. The average Bonchev–Trinajstić information content (AvgIpc) is 3.45. The van der Waals surface area contributed by atoms with Gasteiger partial charge in [0.1, 0.15) is 5.82 Å². The van der Waals surface area contributed by atoms with Crippen molar-refractivity contribution in [2.45, 2.75) is 43.8 Å². The number of nitrogens with zero attached hydrogens (tertiary/aromatic N) is 5. The zero-order chi connectivity index (χ0) is 30.8. The maximum absolute atomic E-state index is 13.7. The minimum absolute atomic E-state index is 0.158. The molecule has 2 unspecified atom stereocenters. The third-order valence-electron chi connectivity index (χ3n) is 7.37. The number of para-hydroxylation sites is 1. The number of amidine groups is 1. The van der Waals surface area contributed by atoms with Crippen LogP contribution < -0.4 is 15.5 Å². The number of aliphatic imine (C=N–C) groups is 1. The summed E-state index contributed by atoms with van der Waals surface area (Å²) in [6, 6.07) is 4.60. The number of anilines is 3. The van der Waals surface area contributed by atoms with Gasteiger partial charge in [0.25, 0.3) is 11.9 Å². The van der Waals surface area contributed by atoms with Crippen molar-refractivity contribution in [2.24, 2.45) is 4.99 Å². The minimum atomic E-state index is -4.78. The van der Waals surface area contributed by atoms with Gasteiger partial charge >= 0.3 is 18.4 Å². The monoisotopic (exact) mass is 613 g/mol. The minimum Gasteiger partial charge on any atom is -0.449 e. The van der Waals surface area contributed by atoms with Gasteiger partial charge in [-0.2, -0.15) is 26.3 Å². The molecule has 5 rings (SSSR count). The number of pyridine rings is 1. The number of hydrogen-bond donors (Lipinski definition) is 2. The molecular weight excluding hydrogens is 584 g/mol. The summed E-state index contributed by atoms with van der Waals surface area (Å²) in [6.07, 6.45) is -7.41. The van der Waals surface area contributed by atoms with Crippen molar-refractivity contribution in [2.75, 3.05) is 54.8 Å². The molecule has 3 aliphatic rings. The largest absolute Gasteiger partial charge is 0.449 e. The molecule has 10 nitrogen and oxygen atoms in total. The van der Waals surface area contributed by atoms with Crippen molar-refractivity contribution in [1.29, 1.82) is 0 Å². The zero-order valence-corrected chi connectivity index (χ0v) is 22.8. The molecule has 232 valence electrons. The van der Waals surface area contributed by atoms with Gasteiger partial charge < -0.3 is 30.1 Å². The van der Waals surface area contributed by atoms with Crippen molar-refractivity contribution in [3.63, 3.8) is 0 Å². The van der Waals surface area contributed by atoms with E-state index in [1.807, 2.05) is 4.90 Å². The third-order valence-corrected chi connectivity index (χ3v) is 7.37. The Labute approximate surface area is 242 Å². The maximum atomic E-state index is 13.7. The summed E-state index contributed by atoms with van der Waals surface area (Å²) >= 11 is 0. The van der Waals surface area contributed by atoms with Crippen LogP contribution in [0.4, 0.5) is 48.3 Å². The molecule has 2 N–H and O–H groups in total. The molecule has 2 aromatic rings. The van der Waals surface area contributed by atoms with E-state index in [-0.39, 0.29) is 30.5 Å². The SMILES string of the molecule is O=C(Nc1ccc(N2CCN(C(=O)Nc3ccccc3C(F)(F)F)CC2)nc1)C1OC(N2CCCCC2)=NC1C(F)(F)F. The summed E-state index contributed by atoms with van der Waals surface area (Å²) in [5.41, 5.74) is -1.12. The maximum Gasteiger partial charge on any atom is 0.418 e. The van der Waals surface area contributed by atoms with E-state index in [1.165, 1.54) is 35.4 Å². The number of aromatic nitrogens is 1. The van der Waals surface area contributed by atoms with Gasteiger partial charge in [0, 0.05) is 39.3 Å². The van der Waals surface area contributed by atoms with E-state index in [4.69, 9.17) is 4.74 Å². The Balaban J connectivity index is 1.15. The first-order chi connectivity index (χ1) is 20.4. The highest BCUT2D eigenvalue weighted by atomic mass is 19.4. The Morgan fingerprint density at radius 3 is 2.16 bits per heavy atom. The summed E-state index contributed by atoms with van der Waals surface area (Å²) in [5, 5.41) is 4.75. The lowest BCUT2D eigenvalue weighted by Gasteiger charge is -2.35. The van der Waals surface area contributed by atoms with Crippen LogP contribution in [-0.2, 0) is 15.7 Å². The molecule has 3 aliphatic heterocycles. The van der Waals surface area contributed by atoms with Crippen molar-refractivity contribution >= 4 is 35.2 Å². The Hall–Kier alpha value is -4.24. The third kappa shape index (κ3) is 7.05. The quantitative estimate of drug-likeness (QED) is 0.491. The van der Waals surface area contributed by atoms with Gasteiger partial charge in [0.2, 0.25) is 6.10 Å². The Morgan fingerprint density at radius 1 is 0.837 bits per heavy atom. The van der Waals surface area contributed by atoms with Crippen LogP contribution in [0.25, 0.3) is 0 Å². The topological polar surface area (TPSA) is 102 Å². The van der Waals surface area contributed by atoms with E-state index in [9.17, 15) is 35.9 Å². The van der Waals surface area contributed by atoms with Crippen molar-refractivity contribution in [3.05, 3.63) is 48.2 Å². The van der Waals surface area contributed by atoms with Crippen molar-refractivity contribution in [3.8, 4) is 0 Å². The molecule has 4 heterocycles. The number of nitrogens with one attached hydrogen (secondary N) is 2. The van der Waals surface area contributed by atoms with Gasteiger partial charge in [-0.25, -0.2) is 14.8 Å². The number of hydrogen-bond acceptors (Lipinski definition) is 7. The number of alkyl halides is 6. The number of carbonyl (C=O) groups is 2. The van der Waals surface area contributed by atoms with Crippen LogP contribution >= 0.6 is 0 Å². The summed E-state index contributed by atoms with van der Waals surface area (Å²) in [7, 11) is 0. The van der Waals surface area contributed by atoms with Gasteiger partial charge in [-0.05, 0) is 43.5 Å². The fourth-order valence-corrected chi connectivity index (χ4v) is 5.11. The molecule has 1 aromatic carbocycles. The highest BCUT2D eigenvalue weighted by molar-refractivity contribution is 5.97. The Morgan fingerprint density at radius 2 is 1.53 bits per heavy atom. The van der Waals surface area contributed by atoms with Gasteiger partial charge in [-0.15, -0.1) is 0 Å². The predicted octanol–water partition coefficient (Wildman–Crippen LogP) is 4.56. The summed E-state index contributed by atoms with van der Waals surface area (Å²) in [5.74, 6) is -0.513. The fraction of sp³-hybridized carbons (Fsp3) is 0.481. The normalized spacial score (nSPS) is 21.3. The van der Waals surface area contributed by atoms with E-state index in [0.717, 1.165) is 25.3 Å². The molecule has 2 saturated heterocycles. The Bertz CT molecular complexity index is 1340. The first-order valence-electron chi connectivity index (χ1n) is 13.7. The van der Waals surface area contributed by atoms with E-state index < -0.39 is 42.0 Å². The number of amides is 3. The second-order valence-corrected chi connectivity index (χ2v) is 10.3. The van der Waals surface area contributed by atoms with Crippen LogP contribution in [0, 0.1) is 0 Å². The number of ether oxygens (including phenoxy) is 1. The molecule has 2 atom stereocenters. The van der Waals surface area contributed by atoms with Crippen LogP contribution in [-0.4, -0.2) is 90.3 Å². The standard InChI is InChI=1S/C27H29F6N7O3/c28-26(29,30)18-6-2-3-7-19(18)36-24(42)39-14-12-38(13-15-39)20-9-8-17(16-34-20)35-23(41)21-22(27(31,32)33)37-25(43-21)40-10-4-1-5-11-40/h2-3,6-9,16,21-22H,1,4-5,10-15H2,(H,35,41)(H,36,42). The van der Waals surface area contributed by atoms with Crippen LogP contribution in [0.5, 0.6) is 0 Å². The second kappa shape index (κ2) is 12.2. The van der Waals surface area contributed by atoms with E-state index >= 15 is 0 Å². The van der Waals surface area contributed by atoms with E-state index in [0.29, 0.717) is 32.0 Å². The lowest BCUT2D eigenvalue weighted by Crippen LogP contribution is -2.50. The molecule has 2 fully saturated rings. The Kier molecular flexibility index (Phi) is 8.55. The van der Waals surface area contributed by atoms with E-state index in [1.54, 1.807) is 11.0 Å². The van der Waals surface area contributed by atoms with E-state index in [2.05, 4.69) is 20.6 Å². The molecule has 0 aliphatic carbocycles. The van der Waals surface area contributed by atoms with Gasteiger partial charge in [-0.3, -0.25) is 4.79 Å². The highest BCUT2D eigenvalue weighted by Gasteiger charge is 2.54. The molecule has 0 radical (unpaired) electrons. The fourth-order valence-electron chi connectivity index (χ4n) is 5.11. The number of benzene rings is 1. The summed E-state index contributed by atoms with van der Waals surface area (Å²) < 4.78 is 86.2. The van der Waals surface area contributed by atoms with Gasteiger partial charge in [-0.1, -0.05) is 12.1 Å². The first kappa shape index (κ1) is 30.2. The number of carbonyl (C=O) groups excluding carboxylic acids is 2. The van der Waals surface area contributed by atoms with Crippen LogP contribution in [0.3, 0.4) is 0 Å². The number of piperazine rings is 1. The van der Waals surface area contributed by atoms with Gasteiger partial charge in [0.05, 0.1) is 23.1 Å². The number of piperidine rings is 1. The second-order valence-electron chi connectivity index (χ2n) is 10.3. The molecule has 0 saturated carbocycles. The first-order valence-corrected chi connectivity index (χ1v) is 13.7. The molecule has 3 amide bonds. The molecule has 1 aromatic heterocycles. The van der Waals surface area contributed by atoms with Crippen molar-refractivity contribution in [1.82, 2.24) is 14.8 Å². The smallest absolute Gasteiger partial charge is 0.418 e. The van der Waals surface area contributed by atoms with Gasteiger partial charge in [0.15, 0.2) is 6.04 Å². The van der Waals surface area contributed by atoms with Crippen LogP contribution in [0.2, 0.25) is 0 Å². The molecular formula is C27H29F6N7O3. The van der Waals surface area contributed by atoms with Crippen LogP contribution in [0.15, 0.2) is 47.6 Å². The molecule has 43 heavy (non-hydrogen) atoms. The average molecular weight is 614 g/mol. The molecule has 16 heteroatoms. The lowest BCUT2D eigenvalue weighted by atomic mass is 10.1. The molecule has 0 bridgehead atoms. The summed E-state index contributed by atoms with van der Waals surface area (Å²) in [4.78, 5) is 38.3. The highest BCUT2D eigenvalue weighted by Crippen LogP contribution is 2.35. The van der Waals surface area contributed by atoms with Crippen molar-refractivity contribution < 1.29 is 40.7 Å². The number of likely N-dealkylation sites (tertiary alicyclic amines) is 1.